The summed E-state index contributed by atoms with van der Waals surface area (Å²) >= 11 is 9.90. The molecule has 3 nitrogen and oxygen atoms in total. The number of hydrogen-bond donors (Lipinski definition) is 1. The minimum atomic E-state index is 0.207. The second-order valence-electron chi connectivity index (χ2n) is 5.08. The van der Waals surface area contributed by atoms with Crippen LogP contribution in [0.4, 0.5) is 0 Å². The van der Waals surface area contributed by atoms with E-state index in [1.807, 2.05) is 25.7 Å². The van der Waals surface area contributed by atoms with E-state index >= 15 is 0 Å². The van der Waals surface area contributed by atoms with Gasteiger partial charge in [-0.15, -0.1) is 0 Å². The van der Waals surface area contributed by atoms with E-state index in [0.717, 1.165) is 27.3 Å². The van der Waals surface area contributed by atoms with Crippen LogP contribution in [0, 0.1) is 13.8 Å². The topological polar surface area (TPSA) is 29.9 Å². The first kappa shape index (κ1) is 15.5. The molecule has 0 aliphatic carbocycles. The average molecular weight is 357 g/mol. The van der Waals surface area contributed by atoms with Gasteiger partial charge >= 0.3 is 0 Å². The van der Waals surface area contributed by atoms with Crippen LogP contribution in [0.5, 0.6) is 0 Å². The normalized spacial score (nSPS) is 12.7. The monoisotopic (exact) mass is 355 g/mol. The molecule has 0 aliphatic rings. The van der Waals surface area contributed by atoms with Crippen molar-refractivity contribution in [1.29, 1.82) is 0 Å². The Kier molecular flexibility index (Phi) is 4.89. The van der Waals surface area contributed by atoms with Crippen LogP contribution in [-0.2, 0) is 13.5 Å². The molecule has 0 aliphatic heterocycles. The van der Waals surface area contributed by atoms with E-state index in [1.54, 1.807) is 0 Å². The lowest BCUT2D eigenvalue weighted by Gasteiger charge is -2.18. The van der Waals surface area contributed by atoms with E-state index in [4.69, 9.17) is 11.6 Å². The molecule has 2 aromatic rings. The van der Waals surface area contributed by atoms with E-state index in [9.17, 15) is 0 Å². The molecule has 0 fully saturated rings. The van der Waals surface area contributed by atoms with E-state index in [0.29, 0.717) is 0 Å². The molecule has 0 spiro atoms. The van der Waals surface area contributed by atoms with Crippen molar-refractivity contribution in [2.45, 2.75) is 26.3 Å². The molecule has 1 heterocycles. The molecule has 1 aromatic carbocycles. The van der Waals surface area contributed by atoms with Gasteiger partial charge in [-0.1, -0.05) is 33.6 Å². The summed E-state index contributed by atoms with van der Waals surface area (Å²) in [5, 5.41) is 8.50. The van der Waals surface area contributed by atoms with Crippen LogP contribution in [-0.4, -0.2) is 16.8 Å². The van der Waals surface area contributed by atoms with Gasteiger partial charge in [0.25, 0.3) is 0 Å². The van der Waals surface area contributed by atoms with Gasteiger partial charge in [-0.2, -0.15) is 5.10 Å². The summed E-state index contributed by atoms with van der Waals surface area (Å²) in [6, 6.07) is 6.66. The number of aryl methyl sites for hydroxylation is 3. The fourth-order valence-corrected chi connectivity index (χ4v) is 3.31. The number of nitrogens with zero attached hydrogens (tertiary/aromatic N) is 2. The summed E-state index contributed by atoms with van der Waals surface area (Å²) < 4.78 is 2.97. The molecule has 1 atom stereocenters. The summed E-state index contributed by atoms with van der Waals surface area (Å²) in [5.41, 5.74) is 4.42. The van der Waals surface area contributed by atoms with Gasteiger partial charge in [0.15, 0.2) is 0 Å². The lowest BCUT2D eigenvalue weighted by molar-refractivity contribution is 0.561. The summed E-state index contributed by atoms with van der Waals surface area (Å²) in [7, 11) is 3.91. The van der Waals surface area contributed by atoms with Crippen molar-refractivity contribution in [3.63, 3.8) is 0 Å². The molecular weight excluding hydrogens is 338 g/mol. The first-order chi connectivity index (χ1) is 9.42. The van der Waals surface area contributed by atoms with Crippen molar-refractivity contribution in [2.24, 2.45) is 7.05 Å². The van der Waals surface area contributed by atoms with Gasteiger partial charge < -0.3 is 5.32 Å². The number of hydrogen-bond acceptors (Lipinski definition) is 2. The number of aromatic nitrogens is 2. The Hall–Kier alpha value is -0.840. The van der Waals surface area contributed by atoms with Crippen molar-refractivity contribution in [1.82, 2.24) is 15.1 Å². The van der Waals surface area contributed by atoms with Gasteiger partial charge in [-0.3, -0.25) is 4.68 Å². The van der Waals surface area contributed by atoms with Crippen LogP contribution in [0.2, 0.25) is 5.02 Å². The van der Waals surface area contributed by atoms with Gasteiger partial charge in [0, 0.05) is 24.0 Å². The minimum absolute atomic E-state index is 0.207. The summed E-state index contributed by atoms with van der Waals surface area (Å²) in [6.07, 6.45) is 0.808. The van der Waals surface area contributed by atoms with Crippen molar-refractivity contribution >= 4 is 27.5 Å². The molecule has 0 bridgehead atoms. The second-order valence-corrected chi connectivity index (χ2v) is 6.37. The molecule has 1 aromatic heterocycles. The molecule has 0 radical (unpaired) electrons. The highest BCUT2D eigenvalue weighted by molar-refractivity contribution is 9.10. The maximum Gasteiger partial charge on any atom is 0.0847 e. The fraction of sp³-hybridized carbons (Fsp3) is 0.400. The molecule has 0 saturated carbocycles. The summed E-state index contributed by atoms with van der Waals surface area (Å²) in [4.78, 5) is 0. The van der Waals surface area contributed by atoms with Gasteiger partial charge in [0.05, 0.1) is 16.4 Å². The zero-order valence-corrected chi connectivity index (χ0v) is 14.5. The largest absolute Gasteiger partial charge is 0.313 e. The predicted molar refractivity (Wildman–Crippen MR) is 87.3 cm³/mol. The first-order valence-corrected chi connectivity index (χ1v) is 7.71. The summed E-state index contributed by atoms with van der Waals surface area (Å²) in [6.45, 7) is 4.03. The maximum atomic E-state index is 6.34. The lowest BCUT2D eigenvalue weighted by atomic mass is 10.00. The predicted octanol–water partition coefficient (Wildman–Crippen LogP) is 3.96. The zero-order chi connectivity index (χ0) is 14.9. The highest BCUT2D eigenvalue weighted by atomic mass is 79.9. The molecule has 1 N–H and O–H groups in total. The van der Waals surface area contributed by atoms with Crippen molar-refractivity contribution < 1.29 is 0 Å². The second kappa shape index (κ2) is 6.29. The third-order valence-corrected chi connectivity index (χ3v) is 4.42. The third-order valence-electron chi connectivity index (χ3n) is 3.47. The highest BCUT2D eigenvalue weighted by Crippen LogP contribution is 2.27. The fourth-order valence-electron chi connectivity index (χ4n) is 2.45. The molecule has 1 unspecified atom stereocenters. The Labute approximate surface area is 133 Å². The Balaban J connectivity index is 2.33. The van der Waals surface area contributed by atoms with Gasteiger partial charge in [0.2, 0.25) is 0 Å². The molecule has 108 valence electrons. The SMILES string of the molecule is CNC(Cc1c(Cl)c(C)nn1C)c1cc(C)cc(Br)c1. The number of likely N-dealkylation sites (N-methyl/N-ethyl adjacent to an activating group) is 1. The molecule has 5 heteroatoms. The Morgan fingerprint density at radius 1 is 1.35 bits per heavy atom. The van der Waals surface area contributed by atoms with E-state index in [1.165, 1.54) is 11.1 Å². The average Bonchev–Trinajstić information content (AvgIpc) is 2.60. The lowest BCUT2D eigenvalue weighted by Crippen LogP contribution is -2.20. The van der Waals surface area contributed by atoms with E-state index < -0.39 is 0 Å². The van der Waals surface area contributed by atoms with Gasteiger partial charge in [-0.25, -0.2) is 0 Å². The van der Waals surface area contributed by atoms with Gasteiger partial charge in [-0.05, 0) is 44.2 Å². The molecule has 20 heavy (non-hydrogen) atoms. The van der Waals surface area contributed by atoms with Crippen LogP contribution in [0.25, 0.3) is 0 Å². The summed E-state index contributed by atoms with van der Waals surface area (Å²) in [5.74, 6) is 0. The molecule has 0 amide bonds. The molecule has 2 rings (SSSR count). The van der Waals surface area contributed by atoms with Crippen molar-refractivity contribution in [2.75, 3.05) is 7.05 Å². The Morgan fingerprint density at radius 3 is 2.55 bits per heavy atom. The molecule has 0 saturated heterocycles. The minimum Gasteiger partial charge on any atom is -0.313 e. The number of benzene rings is 1. The van der Waals surface area contributed by atoms with Crippen molar-refractivity contribution in [3.05, 3.63) is 50.2 Å². The van der Waals surface area contributed by atoms with Gasteiger partial charge in [0.1, 0.15) is 0 Å². The Morgan fingerprint density at radius 2 is 2.05 bits per heavy atom. The third kappa shape index (κ3) is 3.25. The first-order valence-electron chi connectivity index (χ1n) is 6.54. The van der Waals surface area contributed by atoms with Crippen LogP contribution < -0.4 is 5.32 Å². The van der Waals surface area contributed by atoms with Crippen LogP contribution in [0.1, 0.15) is 28.6 Å². The smallest absolute Gasteiger partial charge is 0.0847 e. The standard InChI is InChI=1S/C15H19BrClN3/c1-9-5-11(7-12(16)6-9)13(18-3)8-14-15(17)10(2)19-20(14)4/h5-7,13,18H,8H2,1-4H3. The number of nitrogens with one attached hydrogen (secondary N) is 1. The zero-order valence-electron chi connectivity index (χ0n) is 12.2. The highest BCUT2D eigenvalue weighted by Gasteiger charge is 2.17. The van der Waals surface area contributed by atoms with Crippen LogP contribution in [0.15, 0.2) is 22.7 Å². The van der Waals surface area contributed by atoms with E-state index in [-0.39, 0.29) is 6.04 Å². The number of halogens is 2. The van der Waals surface area contributed by atoms with Crippen molar-refractivity contribution in [3.8, 4) is 0 Å². The maximum absolute atomic E-state index is 6.34. The van der Waals surface area contributed by atoms with Crippen LogP contribution >= 0.6 is 27.5 Å². The van der Waals surface area contributed by atoms with Crippen LogP contribution in [0.3, 0.4) is 0 Å². The molecular formula is C15H19BrClN3. The Bertz CT molecular complexity index is 602. The number of rotatable bonds is 4. The quantitative estimate of drug-likeness (QED) is 0.899. The van der Waals surface area contributed by atoms with E-state index in [2.05, 4.69) is 51.5 Å².